The molecule has 1 atom stereocenters. The lowest BCUT2D eigenvalue weighted by Gasteiger charge is -2.19. The third-order valence-electron chi connectivity index (χ3n) is 3.38. The van der Waals surface area contributed by atoms with Gasteiger partial charge in [0.2, 0.25) is 5.91 Å². The van der Waals surface area contributed by atoms with E-state index in [0.29, 0.717) is 19.5 Å². The number of rotatable bonds is 2. The van der Waals surface area contributed by atoms with Gasteiger partial charge in [0, 0.05) is 33.4 Å². The highest BCUT2D eigenvalue weighted by molar-refractivity contribution is 5.79. The molecule has 1 saturated heterocycles. The number of amides is 1. The third kappa shape index (κ3) is 3.02. The SMILES string of the molecule is CN(C)C(=O)C1CCN(c2cc(C(F)(F)F)ccn2)C1. The molecule has 2 rings (SSSR count). The molecule has 1 unspecified atom stereocenters. The minimum absolute atomic E-state index is 0.000485. The van der Waals surface area contributed by atoms with Crippen molar-refractivity contribution in [1.82, 2.24) is 9.88 Å². The van der Waals surface area contributed by atoms with Crippen LogP contribution in [0.15, 0.2) is 18.3 Å². The van der Waals surface area contributed by atoms with Crippen molar-refractivity contribution in [3.8, 4) is 0 Å². The van der Waals surface area contributed by atoms with Crippen molar-refractivity contribution < 1.29 is 18.0 Å². The first-order valence-corrected chi connectivity index (χ1v) is 6.28. The maximum absolute atomic E-state index is 12.7. The summed E-state index contributed by atoms with van der Waals surface area (Å²) in [6, 6.07) is 1.98. The summed E-state index contributed by atoms with van der Waals surface area (Å²) >= 11 is 0. The monoisotopic (exact) mass is 287 g/mol. The summed E-state index contributed by atoms with van der Waals surface area (Å²) in [6.07, 6.45) is -2.59. The fourth-order valence-electron chi connectivity index (χ4n) is 2.30. The average molecular weight is 287 g/mol. The Morgan fingerprint density at radius 2 is 2.15 bits per heavy atom. The van der Waals surface area contributed by atoms with Gasteiger partial charge in [0.05, 0.1) is 11.5 Å². The van der Waals surface area contributed by atoms with Crippen LogP contribution >= 0.6 is 0 Å². The van der Waals surface area contributed by atoms with E-state index in [9.17, 15) is 18.0 Å². The molecule has 1 aromatic rings. The molecule has 4 nitrogen and oxygen atoms in total. The number of aromatic nitrogens is 1. The maximum atomic E-state index is 12.7. The number of carbonyl (C=O) groups excluding carboxylic acids is 1. The summed E-state index contributed by atoms with van der Waals surface area (Å²) in [6.45, 7) is 0.948. The number of alkyl halides is 3. The average Bonchev–Trinajstić information content (AvgIpc) is 2.86. The van der Waals surface area contributed by atoms with E-state index in [0.717, 1.165) is 18.3 Å². The molecule has 20 heavy (non-hydrogen) atoms. The van der Waals surface area contributed by atoms with Gasteiger partial charge in [-0.3, -0.25) is 4.79 Å². The van der Waals surface area contributed by atoms with Gasteiger partial charge in [0.15, 0.2) is 0 Å². The van der Waals surface area contributed by atoms with Crippen LogP contribution in [-0.4, -0.2) is 43.0 Å². The minimum Gasteiger partial charge on any atom is -0.356 e. The Bertz CT molecular complexity index is 502. The maximum Gasteiger partial charge on any atom is 0.416 e. The van der Waals surface area contributed by atoms with Crippen molar-refractivity contribution in [3.05, 3.63) is 23.9 Å². The Morgan fingerprint density at radius 1 is 1.45 bits per heavy atom. The first-order valence-electron chi connectivity index (χ1n) is 6.28. The van der Waals surface area contributed by atoms with E-state index in [1.165, 1.54) is 4.90 Å². The number of halogens is 3. The normalized spacial score (nSPS) is 19.2. The number of nitrogens with zero attached hydrogens (tertiary/aromatic N) is 3. The van der Waals surface area contributed by atoms with Crippen molar-refractivity contribution in [3.63, 3.8) is 0 Å². The summed E-state index contributed by atoms with van der Waals surface area (Å²) in [7, 11) is 3.35. The smallest absolute Gasteiger partial charge is 0.356 e. The fraction of sp³-hybridized carbons (Fsp3) is 0.538. The van der Waals surface area contributed by atoms with E-state index in [1.807, 2.05) is 0 Å². The summed E-state index contributed by atoms with van der Waals surface area (Å²) in [5.74, 6) is 0.0923. The first kappa shape index (κ1) is 14.6. The van der Waals surface area contributed by atoms with Crippen molar-refractivity contribution >= 4 is 11.7 Å². The largest absolute Gasteiger partial charge is 0.416 e. The van der Waals surface area contributed by atoms with Gasteiger partial charge in [-0.2, -0.15) is 13.2 Å². The molecule has 0 bridgehead atoms. The van der Waals surface area contributed by atoms with Crippen LogP contribution in [0, 0.1) is 5.92 Å². The zero-order valence-corrected chi connectivity index (χ0v) is 11.3. The Hall–Kier alpha value is -1.79. The van der Waals surface area contributed by atoms with Crippen LogP contribution in [0.1, 0.15) is 12.0 Å². The predicted molar refractivity (Wildman–Crippen MR) is 68.3 cm³/mol. The highest BCUT2D eigenvalue weighted by atomic mass is 19.4. The zero-order chi connectivity index (χ0) is 14.9. The summed E-state index contributed by atoms with van der Waals surface area (Å²) in [4.78, 5) is 19.1. The lowest BCUT2D eigenvalue weighted by Crippen LogP contribution is -2.32. The van der Waals surface area contributed by atoms with E-state index in [1.54, 1.807) is 19.0 Å². The predicted octanol–water partition coefficient (Wildman–Crippen LogP) is 2.01. The van der Waals surface area contributed by atoms with Gasteiger partial charge in [-0.05, 0) is 18.6 Å². The quantitative estimate of drug-likeness (QED) is 0.835. The van der Waals surface area contributed by atoms with Crippen LogP contribution in [0.2, 0.25) is 0 Å². The van der Waals surface area contributed by atoms with Gasteiger partial charge in [-0.15, -0.1) is 0 Å². The molecule has 1 aliphatic rings. The molecule has 110 valence electrons. The second kappa shape index (κ2) is 5.30. The molecular weight excluding hydrogens is 271 g/mol. The Morgan fingerprint density at radius 3 is 2.75 bits per heavy atom. The topological polar surface area (TPSA) is 36.4 Å². The Labute approximate surface area is 115 Å². The second-order valence-corrected chi connectivity index (χ2v) is 5.06. The lowest BCUT2D eigenvalue weighted by atomic mass is 10.1. The van der Waals surface area contributed by atoms with Gasteiger partial charge < -0.3 is 9.80 Å². The Balaban J connectivity index is 2.13. The van der Waals surface area contributed by atoms with Crippen LogP contribution < -0.4 is 4.90 Å². The van der Waals surface area contributed by atoms with Crippen molar-refractivity contribution in [2.75, 3.05) is 32.1 Å². The molecule has 0 N–H and O–H groups in total. The number of anilines is 1. The number of carbonyl (C=O) groups is 1. The van der Waals surface area contributed by atoms with Gasteiger partial charge in [0.1, 0.15) is 5.82 Å². The first-order chi connectivity index (χ1) is 9.29. The molecule has 1 amide bonds. The molecule has 2 heterocycles. The molecule has 0 radical (unpaired) electrons. The molecule has 0 saturated carbocycles. The minimum atomic E-state index is -4.38. The van der Waals surface area contributed by atoms with Crippen LogP contribution in [0.4, 0.5) is 19.0 Å². The van der Waals surface area contributed by atoms with E-state index < -0.39 is 11.7 Å². The third-order valence-corrected chi connectivity index (χ3v) is 3.38. The van der Waals surface area contributed by atoms with E-state index in [2.05, 4.69) is 4.98 Å². The molecule has 0 spiro atoms. The second-order valence-electron chi connectivity index (χ2n) is 5.06. The van der Waals surface area contributed by atoms with Crippen LogP contribution in [0.5, 0.6) is 0 Å². The molecular formula is C13H16F3N3O. The molecule has 1 aromatic heterocycles. The van der Waals surface area contributed by atoms with Crippen LogP contribution in [0.3, 0.4) is 0 Å². The van der Waals surface area contributed by atoms with Crippen molar-refractivity contribution in [2.45, 2.75) is 12.6 Å². The number of pyridine rings is 1. The van der Waals surface area contributed by atoms with Gasteiger partial charge >= 0.3 is 6.18 Å². The lowest BCUT2D eigenvalue weighted by molar-refractivity contribution is -0.137. The van der Waals surface area contributed by atoms with Gasteiger partial charge in [-0.25, -0.2) is 4.98 Å². The van der Waals surface area contributed by atoms with E-state index in [-0.39, 0.29) is 17.6 Å². The molecule has 0 aromatic carbocycles. The van der Waals surface area contributed by atoms with Crippen molar-refractivity contribution in [2.24, 2.45) is 5.92 Å². The standard InChI is InChI=1S/C13H16F3N3O/c1-18(2)12(20)9-4-6-19(8-9)11-7-10(3-5-17-11)13(14,15)16/h3,5,7,9H,4,6,8H2,1-2H3. The zero-order valence-electron chi connectivity index (χ0n) is 11.3. The number of hydrogen-bond acceptors (Lipinski definition) is 3. The Kier molecular flexibility index (Phi) is 3.87. The van der Waals surface area contributed by atoms with Crippen molar-refractivity contribution in [1.29, 1.82) is 0 Å². The van der Waals surface area contributed by atoms with E-state index >= 15 is 0 Å². The van der Waals surface area contributed by atoms with Crippen LogP contribution in [0.25, 0.3) is 0 Å². The summed E-state index contributed by atoms with van der Waals surface area (Å²) in [5.41, 5.74) is -0.718. The molecule has 1 fully saturated rings. The fourth-order valence-corrected chi connectivity index (χ4v) is 2.30. The summed E-state index contributed by atoms with van der Waals surface area (Å²) in [5, 5.41) is 0. The molecule has 7 heteroatoms. The summed E-state index contributed by atoms with van der Waals surface area (Å²) < 4.78 is 38.0. The molecule has 0 aliphatic carbocycles. The van der Waals surface area contributed by atoms with Crippen LogP contribution in [-0.2, 0) is 11.0 Å². The van der Waals surface area contributed by atoms with E-state index in [4.69, 9.17) is 0 Å². The van der Waals surface area contributed by atoms with Gasteiger partial charge in [0.25, 0.3) is 0 Å². The highest BCUT2D eigenvalue weighted by Crippen LogP contribution is 2.32. The number of hydrogen-bond donors (Lipinski definition) is 0. The highest BCUT2D eigenvalue weighted by Gasteiger charge is 2.33. The van der Waals surface area contributed by atoms with Gasteiger partial charge in [-0.1, -0.05) is 0 Å². The molecule has 1 aliphatic heterocycles.